The first-order valence-corrected chi connectivity index (χ1v) is 5.43. The molecule has 0 aromatic carbocycles. The fourth-order valence-corrected chi connectivity index (χ4v) is 1.20. The number of hydrogen-bond acceptors (Lipinski definition) is 5. The zero-order valence-electron chi connectivity index (χ0n) is 10.3. The van der Waals surface area contributed by atoms with Crippen LogP contribution in [-0.2, 0) is 19.1 Å². The number of hydrogen-bond donors (Lipinski definition) is 1. The van der Waals surface area contributed by atoms with Crippen molar-refractivity contribution in [3.8, 4) is 0 Å². The normalized spacial score (nSPS) is 14.4. The number of aliphatic hydroxyl groups is 1. The molecule has 0 bridgehead atoms. The van der Waals surface area contributed by atoms with Gasteiger partial charge in [-0.15, -0.1) is 0 Å². The zero-order valence-corrected chi connectivity index (χ0v) is 10.3. The van der Waals surface area contributed by atoms with Gasteiger partial charge >= 0.3 is 11.9 Å². The summed E-state index contributed by atoms with van der Waals surface area (Å²) in [5.41, 5.74) is -1.80. The Morgan fingerprint density at radius 3 is 2.06 bits per heavy atom. The van der Waals surface area contributed by atoms with Gasteiger partial charge < -0.3 is 14.6 Å². The van der Waals surface area contributed by atoms with Crippen LogP contribution < -0.4 is 0 Å². The third-order valence-electron chi connectivity index (χ3n) is 2.30. The summed E-state index contributed by atoms with van der Waals surface area (Å²) in [7, 11) is 0. The molecular weight excluding hydrogens is 212 g/mol. The lowest BCUT2D eigenvalue weighted by atomic mass is 9.87. The molecule has 0 spiro atoms. The van der Waals surface area contributed by atoms with Crippen LogP contribution in [0.5, 0.6) is 0 Å². The number of carbonyl (C=O) groups excluding carboxylic acids is 2. The molecule has 5 nitrogen and oxygen atoms in total. The van der Waals surface area contributed by atoms with Crippen molar-refractivity contribution in [3.05, 3.63) is 0 Å². The molecule has 0 heterocycles. The predicted octanol–water partition coefficient (Wildman–Crippen LogP) is 0.890. The molecule has 94 valence electrons. The Kier molecular flexibility index (Phi) is 6.03. The second kappa shape index (κ2) is 6.48. The smallest absolute Gasteiger partial charge is 0.338 e. The van der Waals surface area contributed by atoms with E-state index in [1.165, 1.54) is 0 Å². The van der Waals surface area contributed by atoms with Gasteiger partial charge in [0.05, 0.1) is 19.6 Å². The molecule has 0 aromatic heterocycles. The van der Waals surface area contributed by atoms with Crippen LogP contribution >= 0.6 is 0 Å². The molecular formula is C11H20O5. The van der Waals surface area contributed by atoms with Crippen molar-refractivity contribution >= 4 is 11.9 Å². The Hall–Kier alpha value is -1.10. The Balaban J connectivity index is 4.69. The molecule has 1 atom stereocenters. The van der Waals surface area contributed by atoms with Gasteiger partial charge in [0, 0.05) is 0 Å². The predicted molar refractivity (Wildman–Crippen MR) is 57.7 cm³/mol. The van der Waals surface area contributed by atoms with E-state index in [4.69, 9.17) is 9.47 Å². The number of rotatable bonds is 6. The van der Waals surface area contributed by atoms with Crippen molar-refractivity contribution in [2.24, 2.45) is 5.92 Å². The summed E-state index contributed by atoms with van der Waals surface area (Å²) in [6, 6.07) is 0. The van der Waals surface area contributed by atoms with Gasteiger partial charge in [0.15, 0.2) is 5.60 Å². The molecule has 0 aromatic rings. The van der Waals surface area contributed by atoms with Crippen LogP contribution in [0.3, 0.4) is 0 Å². The lowest BCUT2D eigenvalue weighted by Crippen LogP contribution is -2.47. The summed E-state index contributed by atoms with van der Waals surface area (Å²) in [6.07, 6.45) is -0.378. The van der Waals surface area contributed by atoms with Gasteiger partial charge in [0.2, 0.25) is 0 Å². The van der Waals surface area contributed by atoms with Crippen LogP contribution in [0.25, 0.3) is 0 Å². The average Bonchev–Trinajstić information content (AvgIpc) is 2.17. The van der Waals surface area contributed by atoms with Crippen LogP contribution in [-0.4, -0.2) is 35.9 Å². The molecule has 0 aliphatic rings. The van der Waals surface area contributed by atoms with Crippen molar-refractivity contribution < 1.29 is 24.2 Å². The largest absolute Gasteiger partial charge is 0.466 e. The van der Waals surface area contributed by atoms with Crippen LogP contribution in [0.4, 0.5) is 0 Å². The van der Waals surface area contributed by atoms with Crippen molar-refractivity contribution in [2.75, 3.05) is 13.2 Å². The van der Waals surface area contributed by atoms with E-state index in [1.54, 1.807) is 27.7 Å². The van der Waals surface area contributed by atoms with E-state index in [2.05, 4.69) is 0 Å². The van der Waals surface area contributed by atoms with Crippen molar-refractivity contribution in [2.45, 2.75) is 39.7 Å². The highest BCUT2D eigenvalue weighted by molar-refractivity contribution is 5.85. The molecule has 0 amide bonds. The van der Waals surface area contributed by atoms with Crippen molar-refractivity contribution in [1.82, 2.24) is 0 Å². The molecule has 1 N–H and O–H groups in total. The summed E-state index contributed by atoms with van der Waals surface area (Å²) in [5, 5.41) is 10.1. The van der Waals surface area contributed by atoms with Gasteiger partial charge in [-0.05, 0) is 19.8 Å². The molecule has 0 aliphatic heterocycles. The van der Waals surface area contributed by atoms with E-state index in [0.717, 1.165) is 0 Å². The van der Waals surface area contributed by atoms with Crippen LogP contribution in [0.2, 0.25) is 0 Å². The van der Waals surface area contributed by atoms with Gasteiger partial charge in [-0.1, -0.05) is 13.8 Å². The van der Waals surface area contributed by atoms with Gasteiger partial charge in [-0.25, -0.2) is 4.79 Å². The highest BCUT2D eigenvalue weighted by Gasteiger charge is 2.43. The Bertz CT molecular complexity index is 249. The topological polar surface area (TPSA) is 72.8 Å². The van der Waals surface area contributed by atoms with E-state index in [9.17, 15) is 14.7 Å². The number of carbonyl (C=O) groups is 2. The van der Waals surface area contributed by atoms with Gasteiger partial charge in [-0.3, -0.25) is 4.79 Å². The summed E-state index contributed by atoms with van der Waals surface area (Å²) in [5.74, 6) is -1.80. The maximum absolute atomic E-state index is 11.6. The van der Waals surface area contributed by atoms with Gasteiger partial charge in [0.1, 0.15) is 0 Å². The van der Waals surface area contributed by atoms with Crippen molar-refractivity contribution in [3.63, 3.8) is 0 Å². The Labute approximate surface area is 95.7 Å². The molecule has 0 rings (SSSR count). The quantitative estimate of drug-likeness (QED) is 0.688. The molecule has 5 heteroatoms. The third-order valence-corrected chi connectivity index (χ3v) is 2.30. The van der Waals surface area contributed by atoms with Crippen LogP contribution in [0.1, 0.15) is 34.1 Å². The van der Waals surface area contributed by atoms with Crippen molar-refractivity contribution in [1.29, 1.82) is 0 Å². The average molecular weight is 232 g/mol. The first-order valence-electron chi connectivity index (χ1n) is 5.43. The lowest BCUT2D eigenvalue weighted by Gasteiger charge is -2.28. The highest BCUT2D eigenvalue weighted by Crippen LogP contribution is 2.23. The molecule has 0 aliphatic carbocycles. The molecule has 16 heavy (non-hydrogen) atoms. The highest BCUT2D eigenvalue weighted by atomic mass is 16.6. The van der Waals surface area contributed by atoms with E-state index in [-0.39, 0.29) is 19.6 Å². The van der Waals surface area contributed by atoms with Crippen LogP contribution in [0.15, 0.2) is 0 Å². The first-order chi connectivity index (χ1) is 7.38. The second-order valence-electron chi connectivity index (χ2n) is 3.78. The maximum Gasteiger partial charge on any atom is 0.338 e. The van der Waals surface area contributed by atoms with Crippen LogP contribution in [0, 0.1) is 5.92 Å². The number of esters is 2. The fraction of sp³-hybridized carbons (Fsp3) is 0.818. The van der Waals surface area contributed by atoms with E-state index in [0.29, 0.717) is 0 Å². The van der Waals surface area contributed by atoms with E-state index in [1.807, 2.05) is 0 Å². The Morgan fingerprint density at radius 1 is 1.19 bits per heavy atom. The SMILES string of the molecule is CCOC(=O)CC(O)(C(=O)OCC)C(C)C. The zero-order chi connectivity index (χ0) is 12.8. The van der Waals surface area contributed by atoms with E-state index < -0.39 is 23.5 Å². The minimum absolute atomic E-state index is 0.163. The monoisotopic (exact) mass is 232 g/mol. The first kappa shape index (κ1) is 14.9. The van der Waals surface area contributed by atoms with E-state index >= 15 is 0 Å². The number of ether oxygens (including phenoxy) is 2. The lowest BCUT2D eigenvalue weighted by molar-refractivity contribution is -0.177. The fourth-order valence-electron chi connectivity index (χ4n) is 1.20. The maximum atomic E-state index is 11.6. The minimum atomic E-state index is -1.80. The summed E-state index contributed by atoms with van der Waals surface area (Å²) in [4.78, 5) is 22.8. The van der Waals surface area contributed by atoms with Gasteiger partial charge in [-0.2, -0.15) is 0 Å². The summed E-state index contributed by atoms with van der Waals surface area (Å²) >= 11 is 0. The standard InChI is InChI=1S/C11H20O5/c1-5-15-9(12)7-11(14,8(3)4)10(13)16-6-2/h8,14H,5-7H2,1-4H3. The molecule has 1 unspecified atom stereocenters. The molecule has 0 radical (unpaired) electrons. The molecule has 0 saturated heterocycles. The Morgan fingerprint density at radius 2 is 1.69 bits per heavy atom. The summed E-state index contributed by atoms with van der Waals surface area (Å²) in [6.45, 7) is 6.98. The molecule has 0 fully saturated rings. The summed E-state index contributed by atoms with van der Waals surface area (Å²) < 4.78 is 9.46. The second-order valence-corrected chi connectivity index (χ2v) is 3.78. The molecule has 0 saturated carbocycles. The minimum Gasteiger partial charge on any atom is -0.466 e. The third kappa shape index (κ3) is 3.81. The van der Waals surface area contributed by atoms with Gasteiger partial charge in [0.25, 0.3) is 0 Å².